The minimum absolute atomic E-state index is 0.0602. The fourth-order valence-electron chi connectivity index (χ4n) is 2.47. The zero-order chi connectivity index (χ0) is 14.1. The number of ether oxygens (including phenoxy) is 3. The lowest BCUT2D eigenvalue weighted by atomic mass is 10.0. The Labute approximate surface area is 114 Å². The van der Waals surface area contributed by atoms with Gasteiger partial charge in [-0.25, -0.2) is 4.79 Å². The van der Waals surface area contributed by atoms with Gasteiger partial charge in [0, 0.05) is 12.1 Å². The molecule has 3 atom stereocenters. The Morgan fingerprint density at radius 2 is 2.05 bits per heavy atom. The molecule has 3 rings (SSSR count). The number of hydrogen-bond acceptors (Lipinski definition) is 6. The van der Waals surface area contributed by atoms with Gasteiger partial charge in [-0.3, -0.25) is 10.1 Å². The molecular weight excluding hydrogens is 266 g/mol. The van der Waals surface area contributed by atoms with Gasteiger partial charge in [-0.1, -0.05) is 0 Å². The average molecular weight is 279 g/mol. The van der Waals surface area contributed by atoms with E-state index in [2.05, 4.69) is 0 Å². The van der Waals surface area contributed by atoms with Crippen molar-refractivity contribution in [3.05, 3.63) is 39.9 Å². The van der Waals surface area contributed by atoms with Crippen molar-refractivity contribution in [3.63, 3.8) is 0 Å². The van der Waals surface area contributed by atoms with E-state index in [1.54, 1.807) is 0 Å². The molecule has 0 aliphatic carbocycles. The number of carbonyl (C=O) groups excluding carboxylic acids is 1. The molecule has 0 saturated carbocycles. The monoisotopic (exact) mass is 279 g/mol. The predicted molar refractivity (Wildman–Crippen MR) is 66.1 cm³/mol. The Morgan fingerprint density at radius 1 is 1.30 bits per heavy atom. The topological polar surface area (TPSA) is 87.9 Å². The fourth-order valence-corrected chi connectivity index (χ4v) is 2.47. The molecule has 2 aliphatic heterocycles. The number of nitro groups is 1. The Bertz CT molecular complexity index is 528. The van der Waals surface area contributed by atoms with Gasteiger partial charge in [0.05, 0.1) is 29.6 Å². The van der Waals surface area contributed by atoms with Gasteiger partial charge in [-0.15, -0.1) is 0 Å². The summed E-state index contributed by atoms with van der Waals surface area (Å²) in [6.07, 6.45) is 0.220. The summed E-state index contributed by atoms with van der Waals surface area (Å²) in [6, 6.07) is 5.34. The summed E-state index contributed by atoms with van der Waals surface area (Å²) in [5.74, 6) is -0.418. The number of carbonyl (C=O) groups is 1. The van der Waals surface area contributed by atoms with E-state index in [0.717, 1.165) is 6.42 Å². The van der Waals surface area contributed by atoms with Crippen LogP contribution >= 0.6 is 0 Å². The summed E-state index contributed by atoms with van der Waals surface area (Å²) in [6.45, 7) is 0.939. The van der Waals surface area contributed by atoms with Crippen LogP contribution in [0.3, 0.4) is 0 Å². The maximum absolute atomic E-state index is 12.0. The summed E-state index contributed by atoms with van der Waals surface area (Å²) in [5, 5.41) is 10.5. The largest absolute Gasteiger partial charge is 0.456 e. The van der Waals surface area contributed by atoms with Gasteiger partial charge in [0.1, 0.15) is 6.10 Å². The number of fused-ring (bicyclic) bond motifs is 1. The zero-order valence-corrected chi connectivity index (χ0v) is 10.6. The number of nitro benzene ring substituents is 1. The molecule has 7 heteroatoms. The van der Waals surface area contributed by atoms with Gasteiger partial charge >= 0.3 is 5.97 Å². The van der Waals surface area contributed by atoms with Crippen LogP contribution in [0, 0.1) is 16.0 Å². The molecule has 0 radical (unpaired) electrons. The van der Waals surface area contributed by atoms with Gasteiger partial charge in [0.25, 0.3) is 5.69 Å². The third kappa shape index (κ3) is 2.37. The van der Waals surface area contributed by atoms with Crippen LogP contribution in [-0.2, 0) is 14.2 Å². The normalized spacial score (nSPS) is 28.1. The number of rotatable bonds is 3. The smallest absolute Gasteiger partial charge is 0.338 e. The number of hydrogen-bond donors (Lipinski definition) is 0. The average Bonchev–Trinajstić information content (AvgIpc) is 3.04. The standard InChI is InChI=1S/C13H13NO6/c15-12(8-1-3-9(4-2-8)14(16)17)20-11-7-19-13-10(11)5-6-18-13/h1-4,10-11,13H,5-7H2/t10?,11-,13?/m0/s1. The molecule has 1 aromatic rings. The molecule has 0 amide bonds. The summed E-state index contributed by atoms with van der Waals surface area (Å²) in [4.78, 5) is 22.0. The third-order valence-electron chi connectivity index (χ3n) is 3.56. The maximum Gasteiger partial charge on any atom is 0.338 e. The van der Waals surface area contributed by atoms with Gasteiger partial charge in [-0.05, 0) is 18.6 Å². The highest BCUT2D eigenvalue weighted by molar-refractivity contribution is 5.89. The van der Waals surface area contributed by atoms with Gasteiger partial charge in [0.2, 0.25) is 0 Å². The Balaban J connectivity index is 1.65. The molecule has 2 unspecified atom stereocenters. The van der Waals surface area contributed by atoms with E-state index in [4.69, 9.17) is 14.2 Å². The molecule has 0 bridgehead atoms. The zero-order valence-electron chi connectivity index (χ0n) is 10.6. The van der Waals surface area contributed by atoms with E-state index in [-0.39, 0.29) is 29.6 Å². The van der Waals surface area contributed by atoms with Crippen LogP contribution < -0.4 is 0 Å². The second-order valence-electron chi connectivity index (χ2n) is 4.77. The quantitative estimate of drug-likeness (QED) is 0.473. The first kappa shape index (κ1) is 13.0. The second-order valence-corrected chi connectivity index (χ2v) is 4.77. The summed E-state index contributed by atoms with van der Waals surface area (Å²) < 4.78 is 16.1. The van der Waals surface area contributed by atoms with Crippen molar-refractivity contribution < 1.29 is 23.9 Å². The van der Waals surface area contributed by atoms with E-state index >= 15 is 0 Å². The van der Waals surface area contributed by atoms with E-state index < -0.39 is 10.9 Å². The first-order valence-electron chi connectivity index (χ1n) is 6.34. The van der Waals surface area contributed by atoms with Crippen molar-refractivity contribution >= 4 is 11.7 Å². The van der Waals surface area contributed by atoms with Crippen LogP contribution in [0.25, 0.3) is 0 Å². The molecule has 7 nitrogen and oxygen atoms in total. The van der Waals surface area contributed by atoms with Gasteiger partial charge in [-0.2, -0.15) is 0 Å². The molecule has 0 aromatic heterocycles. The molecule has 0 spiro atoms. The molecule has 0 N–H and O–H groups in total. The van der Waals surface area contributed by atoms with Crippen LogP contribution in [0.1, 0.15) is 16.8 Å². The molecular formula is C13H13NO6. The molecule has 2 aliphatic rings. The minimum Gasteiger partial charge on any atom is -0.456 e. The van der Waals surface area contributed by atoms with Crippen molar-refractivity contribution in [3.8, 4) is 0 Å². The lowest BCUT2D eigenvalue weighted by Gasteiger charge is -2.15. The van der Waals surface area contributed by atoms with Crippen molar-refractivity contribution in [1.29, 1.82) is 0 Å². The van der Waals surface area contributed by atoms with E-state index in [1.165, 1.54) is 24.3 Å². The molecule has 2 fully saturated rings. The van der Waals surface area contributed by atoms with E-state index in [1.807, 2.05) is 0 Å². The highest BCUT2D eigenvalue weighted by Gasteiger charge is 2.43. The number of benzene rings is 1. The van der Waals surface area contributed by atoms with Crippen molar-refractivity contribution in [2.45, 2.75) is 18.8 Å². The van der Waals surface area contributed by atoms with E-state index in [9.17, 15) is 14.9 Å². The predicted octanol–water partition coefficient (Wildman–Crippen LogP) is 1.51. The number of non-ortho nitro benzene ring substituents is 1. The summed E-state index contributed by atoms with van der Waals surface area (Å²) in [7, 11) is 0. The lowest BCUT2D eigenvalue weighted by molar-refractivity contribution is -0.384. The highest BCUT2D eigenvalue weighted by Crippen LogP contribution is 2.33. The first-order valence-corrected chi connectivity index (χ1v) is 6.34. The lowest BCUT2D eigenvalue weighted by Crippen LogP contribution is -2.26. The fraction of sp³-hybridized carbons (Fsp3) is 0.462. The van der Waals surface area contributed by atoms with Crippen molar-refractivity contribution in [1.82, 2.24) is 0 Å². The van der Waals surface area contributed by atoms with Crippen molar-refractivity contribution in [2.75, 3.05) is 13.2 Å². The van der Waals surface area contributed by atoms with Crippen LogP contribution in [0.2, 0.25) is 0 Å². The van der Waals surface area contributed by atoms with Gasteiger partial charge in [0.15, 0.2) is 6.29 Å². The Morgan fingerprint density at radius 3 is 2.75 bits per heavy atom. The third-order valence-corrected chi connectivity index (χ3v) is 3.56. The minimum atomic E-state index is -0.514. The highest BCUT2D eigenvalue weighted by atomic mass is 16.7. The number of nitrogens with zero attached hydrogens (tertiary/aromatic N) is 1. The molecule has 20 heavy (non-hydrogen) atoms. The van der Waals surface area contributed by atoms with Crippen LogP contribution in [0.4, 0.5) is 5.69 Å². The summed E-state index contributed by atoms with van der Waals surface area (Å²) >= 11 is 0. The molecule has 1 aromatic carbocycles. The molecule has 106 valence electrons. The van der Waals surface area contributed by atoms with E-state index in [0.29, 0.717) is 13.2 Å². The Kier molecular flexibility index (Phi) is 3.37. The van der Waals surface area contributed by atoms with Crippen LogP contribution in [0.5, 0.6) is 0 Å². The second kappa shape index (κ2) is 5.18. The van der Waals surface area contributed by atoms with Crippen LogP contribution in [-0.4, -0.2) is 36.5 Å². The first-order chi connectivity index (χ1) is 9.65. The Hall–Kier alpha value is -1.99. The number of esters is 1. The maximum atomic E-state index is 12.0. The molecule has 2 heterocycles. The SMILES string of the molecule is O=C(O[C@H]1COC2OCCC21)c1ccc([N+](=O)[O-])cc1. The molecule has 2 saturated heterocycles. The summed E-state index contributed by atoms with van der Waals surface area (Å²) in [5.41, 5.74) is 0.230. The van der Waals surface area contributed by atoms with Crippen LogP contribution in [0.15, 0.2) is 24.3 Å². The van der Waals surface area contributed by atoms with Gasteiger partial charge < -0.3 is 14.2 Å². The van der Waals surface area contributed by atoms with Crippen molar-refractivity contribution in [2.24, 2.45) is 5.92 Å².